The van der Waals surface area contributed by atoms with Crippen molar-refractivity contribution in [3.05, 3.63) is 29.8 Å². The zero-order valence-electron chi connectivity index (χ0n) is 12.6. The number of ether oxygens (including phenoxy) is 1. The highest BCUT2D eigenvalue weighted by Gasteiger charge is 2.27. The number of benzene rings is 1. The molecular weight excluding hydrogens is 268 g/mol. The summed E-state index contributed by atoms with van der Waals surface area (Å²) in [6.45, 7) is 5.76. The molecule has 21 heavy (non-hydrogen) atoms. The molecule has 0 bridgehead atoms. The van der Waals surface area contributed by atoms with Crippen LogP contribution in [0.1, 0.15) is 25.8 Å². The third-order valence-electron chi connectivity index (χ3n) is 3.42. The Hall–Kier alpha value is -1.59. The van der Waals surface area contributed by atoms with Gasteiger partial charge in [0.05, 0.1) is 18.8 Å². The number of rotatable bonds is 6. The van der Waals surface area contributed by atoms with Crippen molar-refractivity contribution < 1.29 is 14.6 Å². The third-order valence-corrected chi connectivity index (χ3v) is 3.42. The second-order valence-corrected chi connectivity index (χ2v) is 5.88. The van der Waals surface area contributed by atoms with Crippen molar-refractivity contribution >= 4 is 5.91 Å². The zero-order valence-corrected chi connectivity index (χ0v) is 12.6. The molecule has 3 N–H and O–H groups in total. The molecule has 0 unspecified atom stereocenters. The highest BCUT2D eigenvalue weighted by molar-refractivity contribution is 5.82. The van der Waals surface area contributed by atoms with Gasteiger partial charge < -0.3 is 20.5 Å². The van der Waals surface area contributed by atoms with Crippen LogP contribution >= 0.6 is 0 Å². The number of aliphatic hydroxyl groups excluding tert-OH is 1. The standard InChI is InChI=1S/C16H24N2O3/c1-11(2)10-21-15-6-4-3-5-12(15)8-18-16(20)14-7-13(19)9-17-14/h3-6,11,13-14,17,19H,7-10H2,1-2H3,(H,18,20)/t13-,14-/m0/s1. The van der Waals surface area contributed by atoms with Gasteiger partial charge in [-0.1, -0.05) is 32.0 Å². The van der Waals surface area contributed by atoms with Gasteiger partial charge >= 0.3 is 0 Å². The summed E-state index contributed by atoms with van der Waals surface area (Å²) in [6, 6.07) is 7.43. The maximum Gasteiger partial charge on any atom is 0.237 e. The fourth-order valence-electron chi connectivity index (χ4n) is 2.27. The number of aliphatic hydroxyl groups is 1. The maximum atomic E-state index is 12.0. The lowest BCUT2D eigenvalue weighted by Gasteiger charge is -2.15. The Labute approximate surface area is 125 Å². The molecule has 116 valence electrons. The molecule has 2 rings (SSSR count). The number of hydrogen-bond donors (Lipinski definition) is 3. The number of carbonyl (C=O) groups is 1. The van der Waals surface area contributed by atoms with Gasteiger partial charge in [0, 0.05) is 18.7 Å². The van der Waals surface area contributed by atoms with Crippen molar-refractivity contribution in [3.8, 4) is 5.75 Å². The molecule has 1 aliphatic rings. The van der Waals surface area contributed by atoms with Crippen LogP contribution < -0.4 is 15.4 Å². The summed E-state index contributed by atoms with van der Waals surface area (Å²) in [7, 11) is 0. The molecule has 1 aliphatic heterocycles. The van der Waals surface area contributed by atoms with Crippen molar-refractivity contribution in [1.82, 2.24) is 10.6 Å². The Bertz CT molecular complexity index is 476. The SMILES string of the molecule is CC(C)COc1ccccc1CNC(=O)[C@@H]1C[C@H](O)CN1. The number of nitrogens with one attached hydrogen (secondary N) is 2. The van der Waals surface area contributed by atoms with Crippen LogP contribution in [0.4, 0.5) is 0 Å². The average Bonchev–Trinajstić information content (AvgIpc) is 2.90. The molecule has 1 aromatic rings. The Morgan fingerprint density at radius 1 is 1.48 bits per heavy atom. The van der Waals surface area contributed by atoms with Gasteiger partial charge in [0.15, 0.2) is 0 Å². The quantitative estimate of drug-likeness (QED) is 0.733. The van der Waals surface area contributed by atoms with Crippen LogP contribution in [0.25, 0.3) is 0 Å². The molecule has 1 fully saturated rings. The molecule has 5 heteroatoms. The number of hydrogen-bond acceptors (Lipinski definition) is 4. The molecule has 1 aromatic carbocycles. The smallest absolute Gasteiger partial charge is 0.237 e. The molecule has 0 saturated carbocycles. The predicted octanol–water partition coefficient (Wildman–Crippen LogP) is 1.06. The monoisotopic (exact) mass is 292 g/mol. The van der Waals surface area contributed by atoms with E-state index in [1.807, 2.05) is 24.3 Å². The van der Waals surface area contributed by atoms with Crippen LogP contribution in [0, 0.1) is 5.92 Å². The minimum Gasteiger partial charge on any atom is -0.493 e. The maximum absolute atomic E-state index is 12.0. The van der Waals surface area contributed by atoms with Crippen LogP contribution in [0.15, 0.2) is 24.3 Å². The molecule has 0 aliphatic carbocycles. The molecule has 1 saturated heterocycles. The highest BCUT2D eigenvalue weighted by Crippen LogP contribution is 2.18. The van der Waals surface area contributed by atoms with E-state index in [0.29, 0.717) is 32.0 Å². The summed E-state index contributed by atoms with van der Waals surface area (Å²) in [5.74, 6) is 1.19. The van der Waals surface area contributed by atoms with E-state index >= 15 is 0 Å². The first-order chi connectivity index (χ1) is 10.1. The summed E-state index contributed by atoms with van der Waals surface area (Å²) in [6.07, 6.45) is 0.0413. The summed E-state index contributed by atoms with van der Waals surface area (Å²) in [5.41, 5.74) is 0.963. The number of para-hydroxylation sites is 1. The fourth-order valence-corrected chi connectivity index (χ4v) is 2.27. The zero-order chi connectivity index (χ0) is 15.2. The van der Waals surface area contributed by atoms with Gasteiger partial charge in [0.1, 0.15) is 5.75 Å². The Morgan fingerprint density at radius 2 is 2.24 bits per heavy atom. The lowest BCUT2D eigenvalue weighted by atomic mass is 10.1. The van der Waals surface area contributed by atoms with E-state index in [1.165, 1.54) is 0 Å². The summed E-state index contributed by atoms with van der Waals surface area (Å²) in [5, 5.41) is 15.3. The normalized spacial score (nSPS) is 21.5. The molecule has 2 atom stereocenters. The van der Waals surface area contributed by atoms with E-state index in [4.69, 9.17) is 4.74 Å². The fraction of sp³-hybridized carbons (Fsp3) is 0.562. The van der Waals surface area contributed by atoms with Crippen molar-refractivity contribution in [2.75, 3.05) is 13.2 Å². The van der Waals surface area contributed by atoms with Gasteiger partial charge in [-0.25, -0.2) is 0 Å². The number of carbonyl (C=O) groups excluding carboxylic acids is 1. The first-order valence-electron chi connectivity index (χ1n) is 7.46. The van der Waals surface area contributed by atoms with Crippen molar-refractivity contribution in [1.29, 1.82) is 0 Å². The molecule has 0 spiro atoms. The Balaban J connectivity index is 1.89. The van der Waals surface area contributed by atoms with E-state index < -0.39 is 6.10 Å². The first kappa shape index (κ1) is 15.8. The second kappa shape index (κ2) is 7.43. The average molecular weight is 292 g/mol. The van der Waals surface area contributed by atoms with Crippen LogP contribution in [0.5, 0.6) is 5.75 Å². The van der Waals surface area contributed by atoms with Crippen molar-refractivity contribution in [3.63, 3.8) is 0 Å². The second-order valence-electron chi connectivity index (χ2n) is 5.88. The molecule has 1 heterocycles. The van der Waals surface area contributed by atoms with Crippen molar-refractivity contribution in [2.24, 2.45) is 5.92 Å². The van der Waals surface area contributed by atoms with Gasteiger partial charge in [0.25, 0.3) is 0 Å². The molecule has 0 radical (unpaired) electrons. The predicted molar refractivity (Wildman–Crippen MR) is 81.0 cm³/mol. The van der Waals surface area contributed by atoms with E-state index in [0.717, 1.165) is 11.3 Å². The number of amides is 1. The summed E-state index contributed by atoms with van der Waals surface area (Å²) in [4.78, 5) is 12.0. The van der Waals surface area contributed by atoms with Crippen LogP contribution in [0.2, 0.25) is 0 Å². The van der Waals surface area contributed by atoms with E-state index in [9.17, 15) is 9.90 Å². The van der Waals surface area contributed by atoms with Crippen LogP contribution in [-0.4, -0.2) is 36.3 Å². The lowest BCUT2D eigenvalue weighted by molar-refractivity contribution is -0.123. The van der Waals surface area contributed by atoms with Gasteiger partial charge in [-0.05, 0) is 18.4 Å². The minimum absolute atomic E-state index is 0.0785. The van der Waals surface area contributed by atoms with Gasteiger partial charge in [-0.15, -0.1) is 0 Å². The van der Waals surface area contributed by atoms with E-state index in [1.54, 1.807) is 0 Å². The Morgan fingerprint density at radius 3 is 2.90 bits per heavy atom. The lowest BCUT2D eigenvalue weighted by Crippen LogP contribution is -2.40. The summed E-state index contributed by atoms with van der Waals surface area (Å²) < 4.78 is 5.77. The molecule has 5 nitrogen and oxygen atoms in total. The molecular formula is C16H24N2O3. The topological polar surface area (TPSA) is 70.6 Å². The summed E-state index contributed by atoms with van der Waals surface area (Å²) >= 11 is 0. The van der Waals surface area contributed by atoms with E-state index in [2.05, 4.69) is 24.5 Å². The van der Waals surface area contributed by atoms with Gasteiger partial charge in [-0.2, -0.15) is 0 Å². The number of β-amino-alcohol motifs (C(OH)–C–C–N with tert-alkyl or cyclic N) is 1. The molecule has 1 amide bonds. The highest BCUT2D eigenvalue weighted by atomic mass is 16.5. The van der Waals surface area contributed by atoms with Gasteiger partial charge in [0.2, 0.25) is 5.91 Å². The first-order valence-corrected chi connectivity index (χ1v) is 7.46. The van der Waals surface area contributed by atoms with E-state index in [-0.39, 0.29) is 11.9 Å². The minimum atomic E-state index is -0.428. The van der Waals surface area contributed by atoms with Crippen LogP contribution in [-0.2, 0) is 11.3 Å². The Kier molecular flexibility index (Phi) is 5.59. The van der Waals surface area contributed by atoms with Gasteiger partial charge in [-0.3, -0.25) is 4.79 Å². The largest absolute Gasteiger partial charge is 0.493 e. The molecule has 0 aromatic heterocycles. The third kappa shape index (κ3) is 4.72. The van der Waals surface area contributed by atoms with Crippen molar-refractivity contribution in [2.45, 2.75) is 39.0 Å². The van der Waals surface area contributed by atoms with Crippen LogP contribution in [0.3, 0.4) is 0 Å².